The summed E-state index contributed by atoms with van der Waals surface area (Å²) >= 11 is 0. The molecule has 0 spiro atoms. The van der Waals surface area contributed by atoms with E-state index < -0.39 is 0 Å². The molecule has 0 saturated carbocycles. The molecule has 5 nitrogen and oxygen atoms in total. The van der Waals surface area contributed by atoms with Crippen LogP contribution >= 0.6 is 0 Å². The number of pyridine rings is 1. The third-order valence-corrected chi connectivity index (χ3v) is 5.88. The third kappa shape index (κ3) is 3.12. The van der Waals surface area contributed by atoms with Gasteiger partial charge in [-0.1, -0.05) is 36.4 Å². The van der Waals surface area contributed by atoms with E-state index in [1.165, 1.54) is 6.42 Å². The third-order valence-electron chi connectivity index (χ3n) is 5.88. The molecule has 1 aliphatic rings. The number of likely N-dealkylation sites (tertiary alicyclic amines) is 1. The summed E-state index contributed by atoms with van der Waals surface area (Å²) in [5.74, 6) is 0.930. The summed E-state index contributed by atoms with van der Waals surface area (Å²) in [7, 11) is 0. The number of carbonyl (C=O) groups is 1. The second-order valence-corrected chi connectivity index (χ2v) is 7.74. The van der Waals surface area contributed by atoms with Gasteiger partial charge in [0.1, 0.15) is 11.5 Å². The second kappa shape index (κ2) is 7.24. The molecule has 0 radical (unpaired) electrons. The zero-order chi connectivity index (χ0) is 19.8. The summed E-state index contributed by atoms with van der Waals surface area (Å²) in [6.07, 6.45) is 7.14. The first kappa shape index (κ1) is 17.7. The van der Waals surface area contributed by atoms with Gasteiger partial charge in [-0.3, -0.25) is 4.79 Å². The lowest BCUT2D eigenvalue weighted by atomic mass is 10.0. The van der Waals surface area contributed by atoms with Crippen molar-refractivity contribution in [1.82, 2.24) is 19.1 Å². The van der Waals surface area contributed by atoms with Crippen molar-refractivity contribution in [2.75, 3.05) is 6.54 Å². The lowest BCUT2D eigenvalue weighted by molar-refractivity contribution is 0.0626. The topological polar surface area (TPSA) is 42.5 Å². The minimum atomic E-state index is 0.0591. The van der Waals surface area contributed by atoms with Crippen molar-refractivity contribution < 1.29 is 4.79 Å². The highest BCUT2D eigenvalue weighted by Crippen LogP contribution is 2.25. The molecule has 4 heterocycles. The Morgan fingerprint density at radius 3 is 2.62 bits per heavy atom. The first-order valence-corrected chi connectivity index (χ1v) is 10.2. The van der Waals surface area contributed by atoms with Crippen LogP contribution in [0.3, 0.4) is 0 Å². The largest absolute Gasteiger partial charge is 0.335 e. The molecule has 1 aromatic carbocycles. The summed E-state index contributed by atoms with van der Waals surface area (Å²) < 4.78 is 3.87. The predicted molar refractivity (Wildman–Crippen MR) is 114 cm³/mol. The quantitative estimate of drug-likeness (QED) is 0.509. The SMILES string of the molecule is C[C@H]1CCCCN1C(=O)c1ccnn1-c1ccc2ccc(-c3ccccc3)cn12. The number of carbonyl (C=O) groups excluding carboxylic acids is 1. The fourth-order valence-electron chi connectivity index (χ4n) is 4.26. The van der Waals surface area contributed by atoms with Gasteiger partial charge in [0.05, 0.1) is 6.20 Å². The molecule has 1 saturated heterocycles. The Morgan fingerprint density at radius 1 is 0.966 bits per heavy atom. The van der Waals surface area contributed by atoms with Gasteiger partial charge in [-0.2, -0.15) is 5.10 Å². The van der Waals surface area contributed by atoms with Gasteiger partial charge in [-0.25, -0.2) is 4.68 Å². The monoisotopic (exact) mass is 384 g/mol. The molecule has 1 amide bonds. The Labute approximate surface area is 170 Å². The highest BCUT2D eigenvalue weighted by Gasteiger charge is 2.27. The van der Waals surface area contributed by atoms with Crippen LogP contribution in [0.15, 0.2) is 73.1 Å². The molecule has 5 rings (SSSR count). The number of amides is 1. The van der Waals surface area contributed by atoms with E-state index in [9.17, 15) is 4.79 Å². The van der Waals surface area contributed by atoms with E-state index in [2.05, 4.69) is 53.0 Å². The van der Waals surface area contributed by atoms with Crippen LogP contribution in [0.2, 0.25) is 0 Å². The van der Waals surface area contributed by atoms with Crippen LogP contribution in [0.5, 0.6) is 0 Å². The van der Waals surface area contributed by atoms with Crippen molar-refractivity contribution >= 4 is 11.4 Å². The second-order valence-electron chi connectivity index (χ2n) is 7.74. The van der Waals surface area contributed by atoms with Crippen molar-refractivity contribution in [3.63, 3.8) is 0 Å². The number of aromatic nitrogens is 3. The van der Waals surface area contributed by atoms with Crippen molar-refractivity contribution in [1.29, 1.82) is 0 Å². The van der Waals surface area contributed by atoms with Gasteiger partial charge in [-0.15, -0.1) is 0 Å². The molecule has 146 valence electrons. The zero-order valence-corrected chi connectivity index (χ0v) is 16.5. The maximum atomic E-state index is 13.3. The molecule has 5 heteroatoms. The van der Waals surface area contributed by atoms with E-state index in [1.54, 1.807) is 10.9 Å². The smallest absolute Gasteiger partial charge is 0.272 e. The standard InChI is InChI=1S/C24H24N4O/c1-18-7-5-6-16-26(18)24(29)22-14-15-25-28(22)23-13-12-21-11-10-20(17-27(21)23)19-8-3-2-4-9-19/h2-4,8-15,17-18H,5-7,16H2,1H3/t18-/m0/s1. The molecule has 0 unspecified atom stereocenters. The van der Waals surface area contributed by atoms with Crippen LogP contribution in [0.4, 0.5) is 0 Å². The molecule has 0 aliphatic carbocycles. The Bertz CT molecular complexity index is 1160. The normalized spacial score (nSPS) is 17.0. The van der Waals surface area contributed by atoms with E-state index in [0.29, 0.717) is 5.69 Å². The van der Waals surface area contributed by atoms with Gasteiger partial charge in [0.25, 0.3) is 5.91 Å². The summed E-state index contributed by atoms with van der Waals surface area (Å²) in [6.45, 7) is 2.95. The number of hydrogen-bond donors (Lipinski definition) is 0. The van der Waals surface area contributed by atoms with E-state index in [0.717, 1.165) is 41.8 Å². The number of fused-ring (bicyclic) bond motifs is 1. The first-order valence-electron chi connectivity index (χ1n) is 10.2. The first-order chi connectivity index (χ1) is 14.2. The van der Waals surface area contributed by atoms with Crippen LogP contribution in [-0.2, 0) is 0 Å². The van der Waals surface area contributed by atoms with Crippen molar-refractivity contribution in [3.05, 3.63) is 78.8 Å². The summed E-state index contributed by atoms with van der Waals surface area (Å²) in [5, 5.41) is 4.50. The zero-order valence-electron chi connectivity index (χ0n) is 16.5. The molecule has 1 aliphatic heterocycles. The van der Waals surface area contributed by atoms with E-state index in [-0.39, 0.29) is 11.9 Å². The molecular weight excluding hydrogens is 360 g/mol. The Hall–Kier alpha value is -3.34. The minimum absolute atomic E-state index is 0.0591. The Morgan fingerprint density at radius 2 is 1.79 bits per heavy atom. The lowest BCUT2D eigenvalue weighted by Crippen LogP contribution is -2.42. The summed E-state index contributed by atoms with van der Waals surface area (Å²) in [6, 6.07) is 20.7. The van der Waals surface area contributed by atoms with Crippen molar-refractivity contribution in [2.24, 2.45) is 0 Å². The molecule has 3 aromatic heterocycles. The summed E-state index contributed by atoms with van der Waals surface area (Å²) in [5.41, 5.74) is 3.97. The molecule has 0 N–H and O–H groups in total. The van der Waals surface area contributed by atoms with Gasteiger partial charge in [0.15, 0.2) is 0 Å². The van der Waals surface area contributed by atoms with E-state index >= 15 is 0 Å². The van der Waals surface area contributed by atoms with Gasteiger partial charge >= 0.3 is 0 Å². The highest BCUT2D eigenvalue weighted by molar-refractivity contribution is 5.93. The fourth-order valence-corrected chi connectivity index (χ4v) is 4.26. The van der Waals surface area contributed by atoms with Crippen LogP contribution in [0.25, 0.3) is 22.5 Å². The number of nitrogens with zero attached hydrogens (tertiary/aromatic N) is 4. The van der Waals surface area contributed by atoms with Crippen LogP contribution < -0.4 is 0 Å². The highest BCUT2D eigenvalue weighted by atomic mass is 16.2. The molecule has 1 atom stereocenters. The van der Waals surface area contributed by atoms with Crippen LogP contribution in [0.1, 0.15) is 36.7 Å². The maximum Gasteiger partial charge on any atom is 0.272 e. The average molecular weight is 384 g/mol. The lowest BCUT2D eigenvalue weighted by Gasteiger charge is -2.33. The average Bonchev–Trinajstić information content (AvgIpc) is 3.40. The van der Waals surface area contributed by atoms with Gasteiger partial charge in [-0.05, 0) is 61.6 Å². The maximum absolute atomic E-state index is 13.3. The predicted octanol–water partition coefficient (Wildman–Crippen LogP) is 4.81. The van der Waals surface area contributed by atoms with E-state index in [1.807, 2.05) is 35.2 Å². The number of rotatable bonds is 3. The molecular formula is C24H24N4O. The van der Waals surface area contributed by atoms with Gasteiger partial charge < -0.3 is 9.30 Å². The van der Waals surface area contributed by atoms with E-state index in [4.69, 9.17) is 0 Å². The van der Waals surface area contributed by atoms with Crippen LogP contribution in [-0.4, -0.2) is 37.6 Å². The van der Waals surface area contributed by atoms with Crippen molar-refractivity contribution in [2.45, 2.75) is 32.2 Å². The fraction of sp³-hybridized carbons (Fsp3) is 0.250. The summed E-state index contributed by atoms with van der Waals surface area (Å²) in [4.78, 5) is 15.3. The Balaban J connectivity index is 1.57. The molecule has 29 heavy (non-hydrogen) atoms. The number of benzene rings is 1. The van der Waals surface area contributed by atoms with Crippen molar-refractivity contribution in [3.8, 4) is 16.9 Å². The van der Waals surface area contributed by atoms with Gasteiger partial charge in [0, 0.05) is 24.3 Å². The molecule has 4 aromatic rings. The number of hydrogen-bond acceptors (Lipinski definition) is 2. The van der Waals surface area contributed by atoms with Gasteiger partial charge in [0.2, 0.25) is 0 Å². The van der Waals surface area contributed by atoms with Crippen LogP contribution in [0, 0.1) is 0 Å². The molecule has 1 fully saturated rings. The number of piperidine rings is 1. The molecule has 0 bridgehead atoms. The minimum Gasteiger partial charge on any atom is -0.335 e. The Kier molecular flexibility index (Phi) is 4.43.